The highest BCUT2D eigenvalue weighted by molar-refractivity contribution is 7.54. The minimum absolute atomic E-state index is 0.329. The van der Waals surface area contributed by atoms with Crippen molar-refractivity contribution >= 4 is 19.7 Å². The van der Waals surface area contributed by atoms with Crippen LogP contribution in [0.5, 0.6) is 0 Å². The summed E-state index contributed by atoms with van der Waals surface area (Å²) < 4.78 is 5.94. The van der Waals surface area contributed by atoms with Crippen LogP contribution in [0.15, 0.2) is 5.03 Å². The molecule has 4 heteroatoms. The Morgan fingerprint density at radius 1 is 1.24 bits per heavy atom. The Morgan fingerprint density at radius 2 is 1.76 bits per heavy atom. The predicted octanol–water partition coefficient (Wildman–Crippen LogP) is 4.09. The summed E-state index contributed by atoms with van der Waals surface area (Å²) in [6.07, 6.45) is 3.96. The minimum atomic E-state index is -0.329. The number of likely N-dealkylation sites (N-methyl/N-ethyl adjacent to an activating group) is 1. The zero-order valence-electron chi connectivity index (χ0n) is 12.0. The lowest BCUT2D eigenvalue weighted by atomic mass is 10.4. The molecule has 0 amide bonds. The van der Waals surface area contributed by atoms with Crippen LogP contribution in [-0.2, 0) is 4.52 Å². The molecule has 0 aliphatic heterocycles. The van der Waals surface area contributed by atoms with Crippen LogP contribution in [-0.4, -0.2) is 43.5 Å². The van der Waals surface area contributed by atoms with Crippen molar-refractivity contribution in [2.24, 2.45) is 0 Å². The average Bonchev–Trinajstić information content (AvgIpc) is 2.14. The van der Waals surface area contributed by atoms with Gasteiger partial charge in [0.05, 0.1) is 0 Å². The fraction of sp³-hybridized carbons (Fsp3) is 0.846. The van der Waals surface area contributed by atoms with Crippen LogP contribution in [0.3, 0.4) is 0 Å². The molecule has 0 fully saturated rings. The van der Waals surface area contributed by atoms with E-state index in [4.69, 9.17) is 16.1 Å². The molecule has 0 N–H and O–H groups in total. The maximum absolute atomic E-state index is 6.03. The minimum Gasteiger partial charge on any atom is -0.478 e. The van der Waals surface area contributed by atoms with Gasteiger partial charge >= 0.3 is 0 Å². The summed E-state index contributed by atoms with van der Waals surface area (Å²) >= 11 is 6.03. The second-order valence-electron chi connectivity index (χ2n) is 4.95. The quantitative estimate of drug-likeness (QED) is 0.377. The third-order valence-electron chi connectivity index (χ3n) is 2.13. The second-order valence-corrected chi connectivity index (χ2v) is 8.45. The smallest absolute Gasteiger partial charge is 0.0342 e. The summed E-state index contributed by atoms with van der Waals surface area (Å²) in [5.41, 5.74) is 1.23. The predicted molar refractivity (Wildman–Crippen MR) is 78.9 cm³/mol. The molecule has 0 rings (SSSR count). The van der Waals surface area contributed by atoms with Crippen LogP contribution in [0, 0.1) is 6.08 Å². The first-order valence-electron chi connectivity index (χ1n) is 6.15. The maximum Gasteiger partial charge on any atom is 0.0342 e. The second kappa shape index (κ2) is 9.33. The molecule has 17 heavy (non-hydrogen) atoms. The number of halogens is 1. The Kier molecular flexibility index (Phi) is 9.54. The molecule has 2 nitrogen and oxygen atoms in total. The standard InChI is InChI=1S/C13H26ClNOP/c1-11(2)17(12(3)4)16-9-7-8-13(14)10-15(5)6/h11-12H,7,9-10H2,1-6H3/q-1. The number of rotatable bonds is 8. The van der Waals surface area contributed by atoms with Crippen LogP contribution < -0.4 is 0 Å². The SMILES string of the molecule is CC(C)P(OCC[C-]=C(Cl)CN(C)C)C(C)C. The van der Waals surface area contributed by atoms with Gasteiger partial charge in [-0.15, -0.1) is 11.6 Å². The topological polar surface area (TPSA) is 12.5 Å². The van der Waals surface area contributed by atoms with Gasteiger partial charge in [0.2, 0.25) is 0 Å². The summed E-state index contributed by atoms with van der Waals surface area (Å²) in [4.78, 5) is 2.03. The van der Waals surface area contributed by atoms with Crippen molar-refractivity contribution in [3.63, 3.8) is 0 Å². The van der Waals surface area contributed by atoms with E-state index < -0.39 is 0 Å². The molecule has 0 radical (unpaired) electrons. The van der Waals surface area contributed by atoms with Crippen molar-refractivity contribution < 1.29 is 4.52 Å². The first-order valence-corrected chi connectivity index (χ1v) is 7.93. The van der Waals surface area contributed by atoms with Gasteiger partial charge in [0, 0.05) is 21.3 Å². The first-order chi connectivity index (χ1) is 7.84. The van der Waals surface area contributed by atoms with E-state index in [-0.39, 0.29) is 8.15 Å². The van der Waals surface area contributed by atoms with E-state index in [1.807, 2.05) is 19.0 Å². The lowest BCUT2D eigenvalue weighted by molar-refractivity contribution is 0.350. The fourth-order valence-electron chi connectivity index (χ4n) is 1.57. The fourth-order valence-corrected chi connectivity index (χ4v) is 3.99. The van der Waals surface area contributed by atoms with E-state index in [9.17, 15) is 0 Å². The zero-order chi connectivity index (χ0) is 13.4. The Hall–Kier alpha value is 0.380. The molecule has 0 aromatic carbocycles. The normalized spacial score (nSPS) is 13.5. The van der Waals surface area contributed by atoms with E-state index in [2.05, 4.69) is 33.8 Å². The zero-order valence-corrected chi connectivity index (χ0v) is 13.6. The highest BCUT2D eigenvalue weighted by Gasteiger charge is 2.16. The Morgan fingerprint density at radius 3 is 2.18 bits per heavy atom. The van der Waals surface area contributed by atoms with Gasteiger partial charge in [0.25, 0.3) is 0 Å². The number of hydrogen-bond acceptors (Lipinski definition) is 2. The Labute approximate surface area is 113 Å². The number of hydrogen-bond donors (Lipinski definition) is 0. The molecule has 0 bridgehead atoms. The van der Waals surface area contributed by atoms with E-state index in [1.165, 1.54) is 0 Å². The molecule has 0 aliphatic carbocycles. The summed E-state index contributed by atoms with van der Waals surface area (Å²) in [7, 11) is 3.67. The molecule has 0 heterocycles. The van der Waals surface area contributed by atoms with Crippen LogP contribution >= 0.6 is 19.7 Å². The third kappa shape index (κ3) is 9.02. The van der Waals surface area contributed by atoms with E-state index in [1.54, 1.807) is 0 Å². The van der Waals surface area contributed by atoms with E-state index in [0.29, 0.717) is 11.3 Å². The molecular formula is C13H26ClNOP-. The molecule has 102 valence electrons. The van der Waals surface area contributed by atoms with Crippen molar-refractivity contribution in [1.29, 1.82) is 0 Å². The average molecular weight is 279 g/mol. The van der Waals surface area contributed by atoms with Gasteiger partial charge in [-0.3, -0.25) is 0 Å². The molecule has 0 aromatic heterocycles. The van der Waals surface area contributed by atoms with Gasteiger partial charge in [-0.2, -0.15) is 11.5 Å². The third-order valence-corrected chi connectivity index (χ3v) is 4.90. The van der Waals surface area contributed by atoms with Gasteiger partial charge in [0.1, 0.15) is 0 Å². The summed E-state index contributed by atoms with van der Waals surface area (Å²) in [6.45, 7) is 10.4. The van der Waals surface area contributed by atoms with Crippen molar-refractivity contribution in [3.8, 4) is 0 Å². The molecule has 0 spiro atoms. The van der Waals surface area contributed by atoms with E-state index >= 15 is 0 Å². The highest BCUT2D eigenvalue weighted by Crippen LogP contribution is 2.46. The van der Waals surface area contributed by atoms with Crippen LogP contribution in [0.4, 0.5) is 0 Å². The monoisotopic (exact) mass is 278 g/mol. The molecule has 0 aliphatic rings. The van der Waals surface area contributed by atoms with E-state index in [0.717, 1.165) is 24.6 Å². The van der Waals surface area contributed by atoms with Crippen molar-refractivity contribution in [3.05, 3.63) is 11.1 Å². The largest absolute Gasteiger partial charge is 0.478 e. The van der Waals surface area contributed by atoms with Gasteiger partial charge in [-0.05, 0) is 25.4 Å². The number of nitrogens with zero attached hydrogens (tertiary/aromatic N) is 1. The van der Waals surface area contributed by atoms with Gasteiger partial charge in [-0.25, -0.2) is 0 Å². The first kappa shape index (κ1) is 17.4. The lowest BCUT2D eigenvalue weighted by Gasteiger charge is -2.26. The van der Waals surface area contributed by atoms with Gasteiger partial charge in [-0.1, -0.05) is 27.7 Å². The van der Waals surface area contributed by atoms with Gasteiger partial charge in [0.15, 0.2) is 0 Å². The molecule has 0 atom stereocenters. The Bertz CT molecular complexity index is 221. The van der Waals surface area contributed by atoms with Crippen LogP contribution in [0.25, 0.3) is 0 Å². The van der Waals surface area contributed by atoms with Crippen molar-refractivity contribution in [2.75, 3.05) is 27.2 Å². The maximum atomic E-state index is 6.03. The van der Waals surface area contributed by atoms with Crippen molar-refractivity contribution in [2.45, 2.75) is 45.4 Å². The summed E-state index contributed by atoms with van der Waals surface area (Å²) in [5, 5.41) is 0.775. The lowest BCUT2D eigenvalue weighted by Crippen LogP contribution is -2.13. The molecule has 0 saturated heterocycles. The van der Waals surface area contributed by atoms with Crippen LogP contribution in [0.2, 0.25) is 0 Å². The summed E-state index contributed by atoms with van der Waals surface area (Å²) in [6, 6.07) is 0. The molecule has 0 aromatic rings. The van der Waals surface area contributed by atoms with Gasteiger partial charge < -0.3 is 15.5 Å². The van der Waals surface area contributed by atoms with Crippen LogP contribution in [0.1, 0.15) is 34.1 Å². The summed E-state index contributed by atoms with van der Waals surface area (Å²) in [5.74, 6) is 0. The highest BCUT2D eigenvalue weighted by atomic mass is 35.5. The molecule has 0 unspecified atom stereocenters. The van der Waals surface area contributed by atoms with Crippen molar-refractivity contribution in [1.82, 2.24) is 4.90 Å². The Balaban J connectivity index is 3.89. The molecule has 0 saturated carbocycles. The molecular weight excluding hydrogens is 253 g/mol.